The molecule has 0 aromatic carbocycles. The van der Waals surface area contributed by atoms with Crippen LogP contribution < -0.4 is 33.3 Å². The molecule has 3 aromatic heterocycles. The monoisotopic (exact) mass is 670 g/mol. The van der Waals surface area contributed by atoms with Crippen molar-refractivity contribution in [1.82, 2.24) is 41.4 Å². The number of quaternary nitrogens is 2. The van der Waals surface area contributed by atoms with E-state index in [0.29, 0.717) is 21.4 Å². The molecule has 43 heavy (non-hydrogen) atoms. The second kappa shape index (κ2) is 12.6. The van der Waals surface area contributed by atoms with Crippen LogP contribution in [0.25, 0.3) is 11.2 Å². The maximum absolute atomic E-state index is 15.5. The van der Waals surface area contributed by atoms with Gasteiger partial charge in [-0.3, -0.25) is 23.5 Å². The van der Waals surface area contributed by atoms with Crippen LogP contribution in [0, 0.1) is 6.92 Å². The van der Waals surface area contributed by atoms with E-state index in [4.69, 9.17) is 39.4 Å². The predicted octanol–water partition coefficient (Wildman–Crippen LogP) is -0.169. The van der Waals surface area contributed by atoms with Gasteiger partial charge in [-0.25, -0.2) is 24.1 Å². The molecular weight excluding hydrogens is 641 g/mol. The number of rotatable bonds is 2. The number of aromatic amines is 1. The molecule has 0 spiro atoms. The lowest BCUT2D eigenvalue weighted by Gasteiger charge is -2.36. The first-order chi connectivity index (χ1) is 19.4. The van der Waals surface area contributed by atoms with E-state index >= 15 is 4.39 Å². The van der Waals surface area contributed by atoms with Crippen LogP contribution in [0.2, 0.25) is 0 Å². The van der Waals surface area contributed by atoms with Crippen molar-refractivity contribution in [2.24, 2.45) is 0 Å². The van der Waals surface area contributed by atoms with Crippen molar-refractivity contribution >= 4 is 37.5 Å². The first kappa shape index (κ1) is 33.5. The minimum absolute atomic E-state index is 0. The molecular formula is C20H29FN8O11P2S. The van der Waals surface area contributed by atoms with Crippen molar-refractivity contribution in [2.75, 3.05) is 13.2 Å². The fourth-order valence-corrected chi connectivity index (χ4v) is 7.19. The van der Waals surface area contributed by atoms with Gasteiger partial charge in [0, 0.05) is 18.7 Å². The fourth-order valence-electron chi connectivity index (χ4n) is 4.82. The summed E-state index contributed by atoms with van der Waals surface area (Å²) < 4.78 is 63.0. The maximum Gasteiger partial charge on any atom is 0.330 e. The average Bonchev–Trinajstić information content (AvgIpc) is 3.58. The van der Waals surface area contributed by atoms with Gasteiger partial charge in [0.2, 0.25) is 0 Å². The van der Waals surface area contributed by atoms with E-state index < -0.39 is 82.0 Å². The molecule has 19 nitrogen and oxygen atoms in total. The molecule has 6 rings (SSSR count). The normalized spacial score (nSPS) is 36.4. The number of H-pyrrole nitrogens is 1. The Labute approximate surface area is 246 Å². The van der Waals surface area contributed by atoms with Crippen molar-refractivity contribution in [3.05, 3.63) is 51.4 Å². The smallest absolute Gasteiger partial charge is 0.330 e. The highest BCUT2D eigenvalue weighted by atomic mass is 32.5. The summed E-state index contributed by atoms with van der Waals surface area (Å²) in [5.41, 5.74) is -0.194. The van der Waals surface area contributed by atoms with Gasteiger partial charge in [0.05, 0.1) is 31.3 Å². The summed E-state index contributed by atoms with van der Waals surface area (Å²) in [6.45, 7) is -4.11. The third kappa shape index (κ3) is 6.69. The fraction of sp³-hybridized carbons (Fsp3) is 0.550. The number of nitrogens with zero attached hydrogens (tertiary/aromatic N) is 5. The Bertz CT molecular complexity index is 1690. The zero-order chi connectivity index (χ0) is 29.1. The number of phosphoric ester groups is 1. The van der Waals surface area contributed by atoms with Crippen molar-refractivity contribution in [2.45, 2.75) is 56.4 Å². The van der Waals surface area contributed by atoms with E-state index in [-0.39, 0.29) is 18.7 Å². The molecule has 0 bridgehead atoms. The molecule has 3 aromatic rings. The number of aromatic nitrogens is 6. The molecule has 0 saturated carbocycles. The van der Waals surface area contributed by atoms with Crippen LogP contribution in [0.4, 0.5) is 4.39 Å². The summed E-state index contributed by atoms with van der Waals surface area (Å²) in [6, 6.07) is 0.952. The molecule has 3 aliphatic heterocycles. The van der Waals surface area contributed by atoms with Gasteiger partial charge in [-0.1, -0.05) is 11.8 Å². The molecule has 6 heterocycles. The van der Waals surface area contributed by atoms with E-state index in [9.17, 15) is 23.9 Å². The van der Waals surface area contributed by atoms with E-state index in [1.807, 2.05) is 4.98 Å². The topological polar surface area (TPSA) is 290 Å². The zero-order valence-corrected chi connectivity index (χ0v) is 25.5. The standard InChI is InChI=1S/C20H23FN6O11P2S.2H3N/c1-9-16-18(23-7-22-9)27(8-24-16)14-4-10-11(35-14)5-34-40(32,41)38-17-12(6-33-39(30,31)37-10)36-19(15(17)21)26-3-2-13(28)25-20(26)29;;/h2-3,7-8,10-12,14-15,17,19H,4-6H2,1H3,(H,30,31)(H,32,41)(H,25,28,29);2*1H3/t10-,11+,12+,14+,15+,17+,19+,40?;;/m0../s1. The van der Waals surface area contributed by atoms with Crippen LogP contribution in [0.3, 0.4) is 0 Å². The average molecular weight is 671 g/mol. The SMILES string of the molecule is Cc1ncnc2c1ncn2[C@H]1C[C@@H]2OP(=O)([O-])OC[C@H]3O[C@@H](n4ccc(=O)[nH]c4=O)[C@H](F)[C@@H]3OP([O-])(=S)OC[C@H]2O1.[NH4+].[NH4+]. The number of halogens is 1. The number of ether oxygens (including phenoxy) is 2. The predicted molar refractivity (Wildman–Crippen MR) is 144 cm³/mol. The van der Waals surface area contributed by atoms with E-state index in [1.54, 1.807) is 11.5 Å². The molecule has 3 saturated heterocycles. The lowest BCUT2D eigenvalue weighted by Crippen LogP contribution is -2.38. The Hall–Kier alpha value is -2.36. The second-order valence-electron chi connectivity index (χ2n) is 9.37. The van der Waals surface area contributed by atoms with Gasteiger partial charge in [-0.15, -0.1) is 0 Å². The number of imidazole rings is 1. The molecule has 0 amide bonds. The summed E-state index contributed by atoms with van der Waals surface area (Å²) >= 11 is 4.98. The molecule has 2 unspecified atom stereocenters. The summed E-state index contributed by atoms with van der Waals surface area (Å²) in [7, 11) is -5.08. The minimum Gasteiger partial charge on any atom is -0.780 e. The Morgan fingerprint density at radius 3 is 2.53 bits per heavy atom. The van der Waals surface area contributed by atoms with Gasteiger partial charge in [-0.05, 0) is 6.92 Å². The largest absolute Gasteiger partial charge is 0.780 e. The van der Waals surface area contributed by atoms with Gasteiger partial charge < -0.3 is 49.7 Å². The molecule has 3 aliphatic rings. The second-order valence-corrected chi connectivity index (χ2v) is 13.4. The van der Waals surface area contributed by atoms with Crippen molar-refractivity contribution in [3.63, 3.8) is 0 Å². The number of fused-ring (bicyclic) bond motifs is 3. The first-order valence-electron chi connectivity index (χ1n) is 12.1. The lowest BCUT2D eigenvalue weighted by molar-refractivity contribution is -0.237. The Morgan fingerprint density at radius 1 is 1.05 bits per heavy atom. The van der Waals surface area contributed by atoms with Gasteiger partial charge in [0.15, 0.2) is 18.0 Å². The summed E-state index contributed by atoms with van der Waals surface area (Å²) in [5, 5.41) is 0. The van der Waals surface area contributed by atoms with Gasteiger partial charge in [0.1, 0.15) is 43.1 Å². The molecule has 3 fully saturated rings. The quantitative estimate of drug-likeness (QED) is 0.298. The highest BCUT2D eigenvalue weighted by Gasteiger charge is 2.50. The molecule has 23 heteroatoms. The maximum atomic E-state index is 15.5. The summed E-state index contributed by atoms with van der Waals surface area (Å²) in [6.07, 6.45) is -6.62. The van der Waals surface area contributed by atoms with Gasteiger partial charge >= 0.3 is 5.69 Å². The van der Waals surface area contributed by atoms with Crippen molar-refractivity contribution < 1.29 is 46.3 Å². The third-order valence-electron chi connectivity index (χ3n) is 6.73. The highest BCUT2D eigenvalue weighted by Crippen LogP contribution is 2.51. The number of aryl methyl sites for hydroxylation is 1. The van der Waals surface area contributed by atoms with Crippen LogP contribution in [0.1, 0.15) is 24.6 Å². The van der Waals surface area contributed by atoms with Crippen LogP contribution in [-0.2, 0) is 43.9 Å². The van der Waals surface area contributed by atoms with Crippen LogP contribution >= 0.6 is 14.5 Å². The van der Waals surface area contributed by atoms with Gasteiger partial charge in [-0.2, -0.15) is 0 Å². The Balaban J connectivity index is 0.00000212. The third-order valence-corrected chi connectivity index (χ3v) is 9.27. The Kier molecular flexibility index (Phi) is 9.80. The first-order valence-corrected chi connectivity index (χ1v) is 16.1. The zero-order valence-electron chi connectivity index (χ0n) is 22.9. The Morgan fingerprint density at radius 2 is 1.79 bits per heavy atom. The van der Waals surface area contributed by atoms with Crippen LogP contribution in [0.15, 0.2) is 34.5 Å². The minimum atomic E-state index is -5.08. The van der Waals surface area contributed by atoms with E-state index in [2.05, 4.69) is 15.0 Å². The van der Waals surface area contributed by atoms with Crippen LogP contribution in [-0.4, -0.2) is 72.9 Å². The van der Waals surface area contributed by atoms with Crippen molar-refractivity contribution in [1.29, 1.82) is 0 Å². The number of alkyl halides is 1. The number of hydrogen-bond donors (Lipinski definition) is 3. The molecule has 9 atom stereocenters. The molecule has 0 aliphatic carbocycles. The van der Waals surface area contributed by atoms with Gasteiger partial charge in [0.25, 0.3) is 13.4 Å². The lowest BCUT2D eigenvalue weighted by atomic mass is 10.1. The van der Waals surface area contributed by atoms with Crippen molar-refractivity contribution in [3.8, 4) is 0 Å². The molecule has 238 valence electrons. The number of phosphoric acid groups is 1. The van der Waals surface area contributed by atoms with E-state index in [1.165, 1.54) is 12.7 Å². The number of nitrogens with one attached hydrogen (secondary N) is 1. The summed E-state index contributed by atoms with van der Waals surface area (Å²) in [5.74, 6) is 0. The van der Waals surface area contributed by atoms with Crippen LogP contribution in [0.5, 0.6) is 0 Å². The number of hydrogen-bond acceptors (Lipinski definition) is 15. The highest BCUT2D eigenvalue weighted by molar-refractivity contribution is 8.06. The summed E-state index contributed by atoms with van der Waals surface area (Å²) in [4.78, 5) is 64.0. The van der Waals surface area contributed by atoms with E-state index in [0.717, 1.165) is 12.3 Å². The molecule has 0 radical (unpaired) electrons. The molecule has 9 N–H and O–H groups in total.